The van der Waals surface area contributed by atoms with Crippen molar-refractivity contribution in [3.05, 3.63) is 28.2 Å². The van der Waals surface area contributed by atoms with Crippen LogP contribution in [0.2, 0.25) is 0 Å². The third kappa shape index (κ3) is 2.10. The van der Waals surface area contributed by atoms with Gasteiger partial charge in [-0.2, -0.15) is 0 Å². The van der Waals surface area contributed by atoms with E-state index in [4.69, 9.17) is 9.47 Å². The molecule has 2 rings (SSSR count). The number of ether oxygens (including phenoxy) is 2. The van der Waals surface area contributed by atoms with E-state index in [1.165, 1.54) is 5.56 Å². The zero-order valence-corrected chi connectivity index (χ0v) is 9.71. The third-order valence-corrected chi connectivity index (χ3v) is 2.91. The number of hydrogen-bond donors (Lipinski definition) is 0. The lowest BCUT2D eigenvalue weighted by Gasteiger charge is -2.24. The van der Waals surface area contributed by atoms with Crippen molar-refractivity contribution in [3.63, 3.8) is 0 Å². The SMILES string of the molecule is COCC1COc2cc(Br)ccc2C1. The summed E-state index contributed by atoms with van der Waals surface area (Å²) in [5.41, 5.74) is 1.28. The van der Waals surface area contributed by atoms with Gasteiger partial charge < -0.3 is 9.47 Å². The zero-order chi connectivity index (χ0) is 9.97. The van der Waals surface area contributed by atoms with E-state index in [2.05, 4.69) is 28.1 Å². The Hall–Kier alpha value is -0.540. The summed E-state index contributed by atoms with van der Waals surface area (Å²) >= 11 is 3.43. The van der Waals surface area contributed by atoms with Gasteiger partial charge >= 0.3 is 0 Å². The molecule has 0 radical (unpaired) electrons. The summed E-state index contributed by atoms with van der Waals surface area (Å²) in [6.45, 7) is 1.53. The number of methoxy groups -OCH3 is 1. The second kappa shape index (κ2) is 4.32. The van der Waals surface area contributed by atoms with Gasteiger partial charge in [0.2, 0.25) is 0 Å². The average Bonchev–Trinajstić information content (AvgIpc) is 2.19. The van der Waals surface area contributed by atoms with Crippen molar-refractivity contribution in [1.82, 2.24) is 0 Å². The molecule has 0 N–H and O–H groups in total. The van der Waals surface area contributed by atoms with Gasteiger partial charge in [0.05, 0.1) is 13.2 Å². The van der Waals surface area contributed by atoms with Crippen LogP contribution in [0.5, 0.6) is 5.75 Å². The molecule has 1 aliphatic rings. The largest absolute Gasteiger partial charge is 0.493 e. The van der Waals surface area contributed by atoms with Crippen LogP contribution in [0.15, 0.2) is 22.7 Å². The van der Waals surface area contributed by atoms with E-state index in [1.54, 1.807) is 7.11 Å². The predicted molar refractivity (Wildman–Crippen MR) is 58.7 cm³/mol. The monoisotopic (exact) mass is 256 g/mol. The Labute approximate surface area is 92.3 Å². The molecular weight excluding hydrogens is 244 g/mol. The Morgan fingerprint density at radius 1 is 1.57 bits per heavy atom. The summed E-state index contributed by atoms with van der Waals surface area (Å²) in [5, 5.41) is 0. The normalized spacial score (nSPS) is 20.0. The molecule has 0 aliphatic carbocycles. The fourth-order valence-electron chi connectivity index (χ4n) is 1.75. The van der Waals surface area contributed by atoms with Crippen molar-refractivity contribution in [3.8, 4) is 5.75 Å². The van der Waals surface area contributed by atoms with Crippen LogP contribution < -0.4 is 4.74 Å². The summed E-state index contributed by atoms with van der Waals surface area (Å²) in [4.78, 5) is 0. The Bertz CT molecular complexity index is 325. The molecule has 0 bridgehead atoms. The van der Waals surface area contributed by atoms with Gasteiger partial charge in [0.1, 0.15) is 5.75 Å². The fourth-order valence-corrected chi connectivity index (χ4v) is 2.09. The van der Waals surface area contributed by atoms with Crippen LogP contribution in [0, 0.1) is 5.92 Å². The first-order chi connectivity index (χ1) is 6.79. The van der Waals surface area contributed by atoms with E-state index in [0.717, 1.165) is 29.9 Å². The summed E-state index contributed by atoms with van der Waals surface area (Å²) in [7, 11) is 1.73. The topological polar surface area (TPSA) is 18.5 Å². The zero-order valence-electron chi connectivity index (χ0n) is 8.13. The molecule has 14 heavy (non-hydrogen) atoms. The number of rotatable bonds is 2. The first-order valence-corrected chi connectivity index (χ1v) is 5.49. The van der Waals surface area contributed by atoms with E-state index >= 15 is 0 Å². The predicted octanol–water partition coefficient (Wildman–Crippen LogP) is 2.65. The Kier molecular flexibility index (Phi) is 3.08. The highest BCUT2D eigenvalue weighted by Crippen LogP contribution is 2.30. The first-order valence-electron chi connectivity index (χ1n) is 4.70. The third-order valence-electron chi connectivity index (χ3n) is 2.41. The van der Waals surface area contributed by atoms with Crippen molar-refractivity contribution in [1.29, 1.82) is 0 Å². The second-order valence-electron chi connectivity index (χ2n) is 3.59. The van der Waals surface area contributed by atoms with E-state index in [-0.39, 0.29) is 0 Å². The standard InChI is InChI=1S/C11H13BrO2/c1-13-6-8-4-9-2-3-10(12)5-11(9)14-7-8/h2-3,5,8H,4,6-7H2,1H3. The molecule has 3 heteroatoms. The molecule has 0 spiro atoms. The number of halogens is 1. The molecule has 0 fully saturated rings. The first kappa shape index (κ1) is 9.99. The van der Waals surface area contributed by atoms with Gasteiger partial charge in [-0.05, 0) is 24.1 Å². The van der Waals surface area contributed by atoms with Crippen LogP contribution in [0.25, 0.3) is 0 Å². The molecule has 0 saturated heterocycles. The minimum absolute atomic E-state index is 0.494. The molecule has 76 valence electrons. The minimum atomic E-state index is 0.494. The van der Waals surface area contributed by atoms with Crippen LogP contribution in [0.1, 0.15) is 5.56 Å². The molecule has 1 heterocycles. The minimum Gasteiger partial charge on any atom is -0.493 e. The second-order valence-corrected chi connectivity index (χ2v) is 4.50. The molecule has 1 aromatic carbocycles. The summed E-state index contributed by atoms with van der Waals surface area (Å²) in [6.07, 6.45) is 1.05. The van der Waals surface area contributed by atoms with Crippen molar-refractivity contribution < 1.29 is 9.47 Å². The van der Waals surface area contributed by atoms with Gasteiger partial charge in [-0.3, -0.25) is 0 Å². The van der Waals surface area contributed by atoms with Gasteiger partial charge in [-0.1, -0.05) is 22.0 Å². The van der Waals surface area contributed by atoms with Crippen molar-refractivity contribution in [2.75, 3.05) is 20.3 Å². The van der Waals surface area contributed by atoms with Gasteiger partial charge in [0.25, 0.3) is 0 Å². The molecule has 1 aromatic rings. The summed E-state index contributed by atoms with van der Waals surface area (Å²) in [5.74, 6) is 1.50. The maximum atomic E-state index is 5.66. The van der Waals surface area contributed by atoms with Gasteiger partial charge in [-0.25, -0.2) is 0 Å². The molecule has 1 atom stereocenters. The van der Waals surface area contributed by atoms with Crippen LogP contribution in [-0.4, -0.2) is 20.3 Å². The molecule has 1 aliphatic heterocycles. The van der Waals surface area contributed by atoms with Crippen molar-refractivity contribution >= 4 is 15.9 Å². The van der Waals surface area contributed by atoms with E-state index in [9.17, 15) is 0 Å². The quantitative estimate of drug-likeness (QED) is 0.810. The Balaban J connectivity index is 2.15. The van der Waals surface area contributed by atoms with Crippen molar-refractivity contribution in [2.45, 2.75) is 6.42 Å². The molecule has 1 unspecified atom stereocenters. The van der Waals surface area contributed by atoms with E-state index < -0.39 is 0 Å². The lowest BCUT2D eigenvalue weighted by Crippen LogP contribution is -2.24. The van der Waals surface area contributed by atoms with E-state index in [1.807, 2.05) is 6.07 Å². The molecule has 0 aromatic heterocycles. The van der Waals surface area contributed by atoms with E-state index in [0.29, 0.717) is 5.92 Å². The maximum Gasteiger partial charge on any atom is 0.123 e. The van der Waals surface area contributed by atoms with Crippen LogP contribution in [0.3, 0.4) is 0 Å². The van der Waals surface area contributed by atoms with Gasteiger partial charge in [-0.15, -0.1) is 0 Å². The smallest absolute Gasteiger partial charge is 0.123 e. The molecular formula is C11H13BrO2. The highest BCUT2D eigenvalue weighted by Gasteiger charge is 2.19. The van der Waals surface area contributed by atoms with Crippen LogP contribution in [-0.2, 0) is 11.2 Å². The molecule has 0 amide bonds. The molecule has 0 saturated carbocycles. The summed E-state index contributed by atoms with van der Waals surface area (Å²) < 4.78 is 11.9. The van der Waals surface area contributed by atoms with Gasteiger partial charge in [0, 0.05) is 17.5 Å². The Morgan fingerprint density at radius 2 is 2.43 bits per heavy atom. The lowest BCUT2D eigenvalue weighted by molar-refractivity contribution is 0.107. The molecule has 2 nitrogen and oxygen atoms in total. The fraction of sp³-hybridized carbons (Fsp3) is 0.455. The summed E-state index contributed by atoms with van der Waals surface area (Å²) in [6, 6.07) is 6.19. The van der Waals surface area contributed by atoms with Crippen LogP contribution >= 0.6 is 15.9 Å². The number of hydrogen-bond acceptors (Lipinski definition) is 2. The van der Waals surface area contributed by atoms with Gasteiger partial charge in [0.15, 0.2) is 0 Å². The lowest BCUT2D eigenvalue weighted by atomic mass is 9.98. The van der Waals surface area contributed by atoms with Crippen LogP contribution in [0.4, 0.5) is 0 Å². The van der Waals surface area contributed by atoms with Crippen molar-refractivity contribution in [2.24, 2.45) is 5.92 Å². The number of benzene rings is 1. The highest BCUT2D eigenvalue weighted by atomic mass is 79.9. The highest BCUT2D eigenvalue weighted by molar-refractivity contribution is 9.10. The number of fused-ring (bicyclic) bond motifs is 1. The maximum absolute atomic E-state index is 5.66. The Morgan fingerprint density at radius 3 is 3.21 bits per heavy atom. The average molecular weight is 257 g/mol.